The maximum atomic E-state index is 12.9. The predicted molar refractivity (Wildman–Crippen MR) is 152 cm³/mol. The third kappa shape index (κ3) is 9.60. The Bertz CT molecular complexity index is 1200. The Morgan fingerprint density at radius 3 is 1.80 bits per heavy atom. The lowest BCUT2D eigenvalue weighted by Gasteiger charge is -2.28. The van der Waals surface area contributed by atoms with Crippen molar-refractivity contribution in [2.24, 2.45) is 35.3 Å². The summed E-state index contributed by atoms with van der Waals surface area (Å²) in [4.78, 5) is 49.8. The minimum Gasteiger partial charge on any atom is -0.480 e. The molecule has 2 rings (SSSR count). The molecule has 0 bridgehead atoms. The van der Waals surface area contributed by atoms with E-state index in [1.54, 1.807) is 57.2 Å². The van der Waals surface area contributed by atoms with Crippen LogP contribution < -0.4 is 19.9 Å². The van der Waals surface area contributed by atoms with Gasteiger partial charge in [-0.15, -0.1) is 0 Å². The van der Waals surface area contributed by atoms with Gasteiger partial charge in [-0.25, -0.2) is 4.79 Å². The molecule has 0 spiro atoms. The number of aliphatic carboxylic acids is 1. The molecule has 2 aromatic carbocycles. The lowest BCUT2D eigenvalue weighted by Crippen LogP contribution is -2.40. The van der Waals surface area contributed by atoms with Gasteiger partial charge in [-0.05, 0) is 47.6 Å². The molecule has 0 aromatic heterocycles. The van der Waals surface area contributed by atoms with E-state index in [0.717, 1.165) is 0 Å². The van der Waals surface area contributed by atoms with Crippen LogP contribution >= 0.6 is 0 Å². The number of carbonyl (C=O) groups excluding carboxylic acids is 3. The minimum atomic E-state index is -1.40. The highest BCUT2D eigenvalue weighted by Crippen LogP contribution is 2.37. The summed E-state index contributed by atoms with van der Waals surface area (Å²) >= 11 is 0. The Kier molecular flexibility index (Phi) is 12.3. The van der Waals surface area contributed by atoms with Gasteiger partial charge in [0, 0.05) is 5.92 Å². The highest BCUT2D eigenvalue weighted by molar-refractivity contribution is 5.79. The van der Waals surface area contributed by atoms with Crippen LogP contribution in [0.15, 0.2) is 48.5 Å². The van der Waals surface area contributed by atoms with Crippen molar-refractivity contribution in [3.8, 4) is 17.2 Å². The fourth-order valence-electron chi connectivity index (χ4n) is 3.80. The minimum absolute atomic E-state index is 0.0149. The predicted octanol–water partition coefficient (Wildman–Crippen LogP) is 5.43. The molecule has 10 heteroatoms. The van der Waals surface area contributed by atoms with Gasteiger partial charge in [-0.3, -0.25) is 14.4 Å². The van der Waals surface area contributed by atoms with Crippen LogP contribution in [-0.4, -0.2) is 41.8 Å². The number of carboxylic acids is 1. The summed E-state index contributed by atoms with van der Waals surface area (Å²) in [6.45, 7) is 12.4. The molecule has 0 aliphatic heterocycles. The molecule has 224 valence electrons. The summed E-state index contributed by atoms with van der Waals surface area (Å²) in [7, 11) is 0. The van der Waals surface area contributed by atoms with E-state index in [-0.39, 0.29) is 29.9 Å². The van der Waals surface area contributed by atoms with E-state index in [9.17, 15) is 24.3 Å². The summed E-state index contributed by atoms with van der Waals surface area (Å²) in [6.07, 6.45) is -0.954. The van der Waals surface area contributed by atoms with Crippen molar-refractivity contribution in [2.45, 2.75) is 60.4 Å². The molecule has 0 saturated heterocycles. The smallest absolute Gasteiger partial charge is 0.480 e. The normalized spacial score (nSPS) is 14.9. The molecule has 0 aliphatic rings. The van der Waals surface area contributed by atoms with Gasteiger partial charge in [0.15, 0.2) is 11.5 Å². The second kappa shape index (κ2) is 15.2. The summed E-state index contributed by atoms with van der Waals surface area (Å²) < 4.78 is 21.7. The number of rotatable bonds is 13. The Balaban J connectivity index is 2.39. The van der Waals surface area contributed by atoms with E-state index in [1.807, 2.05) is 27.7 Å². The summed E-state index contributed by atoms with van der Waals surface area (Å²) in [5.41, 5.74) is 6.48. The largest absolute Gasteiger partial charge is 0.513 e. The van der Waals surface area contributed by atoms with E-state index in [2.05, 4.69) is 0 Å². The summed E-state index contributed by atoms with van der Waals surface area (Å²) in [6, 6.07) is 11.4. The van der Waals surface area contributed by atoms with Gasteiger partial charge in [0.1, 0.15) is 11.8 Å². The number of ether oxygens (including phenoxy) is 4. The zero-order valence-corrected chi connectivity index (χ0v) is 24.7. The monoisotopic (exact) mass is 571 g/mol. The molecule has 10 nitrogen and oxygen atoms in total. The van der Waals surface area contributed by atoms with Crippen molar-refractivity contribution < 1.29 is 43.2 Å². The number of hydrogen-bond donors (Lipinski definition) is 2. The maximum Gasteiger partial charge on any atom is 0.513 e. The molecule has 0 saturated carbocycles. The molecule has 0 aliphatic carbocycles. The number of nitrogens with two attached hydrogens (primary N) is 1. The van der Waals surface area contributed by atoms with Gasteiger partial charge in [-0.1, -0.05) is 72.7 Å². The first-order valence-electron chi connectivity index (χ1n) is 13.7. The first kappa shape index (κ1) is 33.3. The van der Waals surface area contributed by atoms with Gasteiger partial charge < -0.3 is 29.8 Å². The van der Waals surface area contributed by atoms with E-state index in [4.69, 9.17) is 24.7 Å². The van der Waals surface area contributed by atoms with Gasteiger partial charge in [-0.2, -0.15) is 0 Å². The lowest BCUT2D eigenvalue weighted by atomic mass is 9.82. The van der Waals surface area contributed by atoms with Crippen molar-refractivity contribution in [3.05, 3.63) is 54.1 Å². The fourth-order valence-corrected chi connectivity index (χ4v) is 3.80. The van der Waals surface area contributed by atoms with Gasteiger partial charge >= 0.3 is 24.1 Å². The number of benzene rings is 2. The molecule has 41 heavy (non-hydrogen) atoms. The Hall–Kier alpha value is -3.92. The first-order valence-corrected chi connectivity index (χ1v) is 13.7. The van der Waals surface area contributed by atoms with Crippen LogP contribution in [0.3, 0.4) is 0 Å². The molecule has 0 heterocycles. The van der Waals surface area contributed by atoms with E-state index in [0.29, 0.717) is 11.3 Å². The van der Waals surface area contributed by atoms with Crippen molar-refractivity contribution in [1.82, 2.24) is 0 Å². The Morgan fingerprint density at radius 1 is 0.756 bits per heavy atom. The molecule has 2 aromatic rings. The van der Waals surface area contributed by atoms with Crippen molar-refractivity contribution in [2.75, 3.05) is 6.61 Å². The van der Waals surface area contributed by atoms with E-state index in [1.165, 1.54) is 12.1 Å². The zero-order valence-electron chi connectivity index (χ0n) is 24.7. The number of esters is 2. The van der Waals surface area contributed by atoms with Gasteiger partial charge in [0.2, 0.25) is 0 Å². The zero-order chi connectivity index (χ0) is 30.9. The van der Waals surface area contributed by atoms with Crippen LogP contribution in [0.1, 0.15) is 59.9 Å². The number of carbonyl (C=O) groups is 4. The maximum absolute atomic E-state index is 12.9. The van der Waals surface area contributed by atoms with Crippen LogP contribution in [0, 0.1) is 29.6 Å². The third-order valence-corrected chi connectivity index (χ3v) is 7.21. The lowest BCUT2D eigenvalue weighted by molar-refractivity contribution is -0.142. The number of hydrogen-bond acceptors (Lipinski definition) is 9. The average Bonchev–Trinajstić information content (AvgIpc) is 2.92. The molecular formula is C31H41NO9. The molecule has 3 N–H and O–H groups in total. The molecule has 0 amide bonds. The topological polar surface area (TPSA) is 151 Å². The average molecular weight is 572 g/mol. The van der Waals surface area contributed by atoms with Crippen molar-refractivity contribution in [1.29, 1.82) is 0 Å². The standard InChI is InChI=1S/C31H41NO9/c1-17(2)20(6)29(35)40-24-14-13-22(15-25(24)41-30(36)21(7)18(3)4)26(27(32)28(33)34)19(5)16-38-31(37)39-23-11-9-8-10-12-23/h8-15,17-21,26-27H,16,32H2,1-7H3,(H,33,34)/t19?,20?,21?,26?,27-/m0/s1. The van der Waals surface area contributed by atoms with Crippen LogP contribution in [0.4, 0.5) is 4.79 Å². The summed E-state index contributed by atoms with van der Waals surface area (Å²) in [5, 5.41) is 9.76. The Labute approximate surface area is 241 Å². The number of para-hydroxylation sites is 1. The second-order valence-electron chi connectivity index (χ2n) is 11.0. The van der Waals surface area contributed by atoms with E-state index >= 15 is 0 Å². The Morgan fingerprint density at radius 2 is 1.29 bits per heavy atom. The summed E-state index contributed by atoms with van der Waals surface area (Å²) in [5.74, 6) is -4.40. The van der Waals surface area contributed by atoms with Gasteiger partial charge in [0.05, 0.1) is 18.4 Å². The molecular weight excluding hydrogens is 530 g/mol. The third-order valence-electron chi connectivity index (χ3n) is 7.21. The highest BCUT2D eigenvalue weighted by atomic mass is 16.7. The van der Waals surface area contributed by atoms with Crippen LogP contribution in [-0.2, 0) is 19.1 Å². The molecule has 0 fully saturated rings. The van der Waals surface area contributed by atoms with E-state index < -0.39 is 53.8 Å². The number of carboxylic acid groups (broad SMARTS) is 1. The van der Waals surface area contributed by atoms with Crippen LogP contribution in [0.2, 0.25) is 0 Å². The van der Waals surface area contributed by atoms with Crippen LogP contribution in [0.5, 0.6) is 17.2 Å². The highest BCUT2D eigenvalue weighted by Gasteiger charge is 2.33. The molecule has 4 unspecified atom stereocenters. The van der Waals surface area contributed by atoms with Crippen molar-refractivity contribution >= 4 is 24.1 Å². The second-order valence-corrected chi connectivity index (χ2v) is 11.0. The fraction of sp³-hybridized carbons (Fsp3) is 0.484. The molecule has 5 atom stereocenters. The first-order chi connectivity index (χ1) is 19.2. The van der Waals surface area contributed by atoms with Crippen molar-refractivity contribution in [3.63, 3.8) is 0 Å². The van der Waals surface area contributed by atoms with Crippen LogP contribution in [0.25, 0.3) is 0 Å². The quantitative estimate of drug-likeness (QED) is 0.181. The van der Waals surface area contributed by atoms with Gasteiger partial charge in [0.25, 0.3) is 0 Å². The SMILES string of the molecule is CC(C)C(C)C(=O)Oc1ccc(C(C(C)COC(=O)Oc2ccccc2)[C@H](N)C(=O)O)cc1OC(=O)C(C)C(C)C. The molecule has 0 radical (unpaired) electrons.